The highest BCUT2D eigenvalue weighted by molar-refractivity contribution is 6.04. The number of nitrogens with zero attached hydrogens (tertiary/aromatic N) is 2. The summed E-state index contributed by atoms with van der Waals surface area (Å²) < 4.78 is 0. The summed E-state index contributed by atoms with van der Waals surface area (Å²) >= 11 is 0. The van der Waals surface area contributed by atoms with E-state index in [1.54, 1.807) is 26.2 Å². The molecular weight excluding hydrogens is 206 g/mol. The minimum Gasteiger partial charge on any atom is -0.349 e. The maximum atomic E-state index is 11.8. The molecule has 1 fully saturated rings. The molecule has 1 aromatic rings. The first-order chi connectivity index (χ1) is 7.61. The largest absolute Gasteiger partial charge is 0.349 e. The van der Waals surface area contributed by atoms with Crippen molar-refractivity contribution in [1.82, 2.24) is 14.9 Å². The van der Waals surface area contributed by atoms with Gasteiger partial charge in [-0.25, -0.2) is 4.98 Å². The molecule has 2 rings (SSSR count). The Hall–Kier alpha value is -1.65. The fourth-order valence-electron chi connectivity index (χ4n) is 1.90. The van der Waals surface area contributed by atoms with Gasteiger partial charge in [-0.1, -0.05) is 13.8 Å². The van der Waals surface area contributed by atoms with E-state index in [9.17, 15) is 9.59 Å². The van der Waals surface area contributed by atoms with E-state index in [-0.39, 0.29) is 23.7 Å². The molecule has 1 aromatic heterocycles. The molecule has 1 N–H and O–H groups in total. The number of aromatic amines is 1. The lowest BCUT2D eigenvalue weighted by atomic mass is 10.00. The molecule has 0 spiro atoms. The zero-order valence-electron chi connectivity index (χ0n) is 9.43. The van der Waals surface area contributed by atoms with E-state index < -0.39 is 0 Å². The van der Waals surface area contributed by atoms with Crippen LogP contribution in [0.3, 0.4) is 0 Å². The van der Waals surface area contributed by atoms with Crippen LogP contribution < -0.4 is 0 Å². The fourth-order valence-corrected chi connectivity index (χ4v) is 1.90. The highest BCUT2D eigenvalue weighted by Crippen LogP contribution is 2.25. The van der Waals surface area contributed by atoms with Gasteiger partial charge in [0, 0.05) is 37.2 Å². The zero-order valence-corrected chi connectivity index (χ0v) is 9.43. The van der Waals surface area contributed by atoms with Crippen LogP contribution in [0.15, 0.2) is 12.4 Å². The summed E-state index contributed by atoms with van der Waals surface area (Å²) in [6, 6.07) is 0. The van der Waals surface area contributed by atoms with E-state index in [4.69, 9.17) is 0 Å². The van der Waals surface area contributed by atoms with Gasteiger partial charge in [0.2, 0.25) is 11.8 Å². The third kappa shape index (κ3) is 1.73. The minimum atomic E-state index is -0.191. The van der Waals surface area contributed by atoms with E-state index in [0.717, 1.165) is 5.82 Å². The highest BCUT2D eigenvalue weighted by atomic mass is 16.2. The second-order valence-electron chi connectivity index (χ2n) is 4.19. The first-order valence-corrected chi connectivity index (χ1v) is 5.44. The SMILES string of the molecule is CC1C(=O)N(CCc2ncc[nH]2)C(=O)C1C. The lowest BCUT2D eigenvalue weighted by Crippen LogP contribution is -2.33. The van der Waals surface area contributed by atoms with E-state index >= 15 is 0 Å². The molecule has 2 atom stereocenters. The van der Waals surface area contributed by atoms with Gasteiger partial charge >= 0.3 is 0 Å². The van der Waals surface area contributed by atoms with Crippen LogP contribution in [0.1, 0.15) is 19.7 Å². The van der Waals surface area contributed by atoms with Gasteiger partial charge in [-0.2, -0.15) is 0 Å². The number of aromatic nitrogens is 2. The Balaban J connectivity index is 2.00. The molecular formula is C11H15N3O2. The summed E-state index contributed by atoms with van der Waals surface area (Å²) in [7, 11) is 0. The summed E-state index contributed by atoms with van der Waals surface area (Å²) in [6.45, 7) is 4.02. The van der Waals surface area contributed by atoms with Crippen molar-refractivity contribution in [2.75, 3.05) is 6.54 Å². The van der Waals surface area contributed by atoms with Crippen LogP contribution in [-0.4, -0.2) is 33.2 Å². The molecule has 0 bridgehead atoms. The number of imide groups is 1. The fraction of sp³-hybridized carbons (Fsp3) is 0.545. The Morgan fingerprint density at radius 1 is 1.31 bits per heavy atom. The summed E-state index contributed by atoms with van der Waals surface area (Å²) in [5, 5.41) is 0. The highest BCUT2D eigenvalue weighted by Gasteiger charge is 2.41. The molecule has 0 saturated carbocycles. The zero-order chi connectivity index (χ0) is 11.7. The predicted molar refractivity (Wildman–Crippen MR) is 57.3 cm³/mol. The molecule has 0 aliphatic carbocycles. The van der Waals surface area contributed by atoms with Crippen LogP contribution in [0.2, 0.25) is 0 Å². The molecule has 1 aliphatic heterocycles. The Kier molecular flexibility index (Phi) is 2.77. The van der Waals surface area contributed by atoms with Gasteiger partial charge < -0.3 is 4.98 Å². The molecule has 86 valence electrons. The Labute approximate surface area is 93.9 Å². The summed E-state index contributed by atoms with van der Waals surface area (Å²) in [5.74, 6) is 0.286. The van der Waals surface area contributed by atoms with Gasteiger partial charge in [-0.05, 0) is 0 Å². The second-order valence-corrected chi connectivity index (χ2v) is 4.19. The Morgan fingerprint density at radius 3 is 2.44 bits per heavy atom. The van der Waals surface area contributed by atoms with Crippen molar-refractivity contribution in [3.05, 3.63) is 18.2 Å². The molecule has 1 saturated heterocycles. The van der Waals surface area contributed by atoms with Crippen molar-refractivity contribution in [1.29, 1.82) is 0 Å². The molecule has 0 aromatic carbocycles. The number of rotatable bonds is 3. The van der Waals surface area contributed by atoms with Crippen molar-refractivity contribution < 1.29 is 9.59 Å². The number of nitrogens with one attached hydrogen (secondary N) is 1. The van der Waals surface area contributed by atoms with Crippen LogP contribution in [-0.2, 0) is 16.0 Å². The van der Waals surface area contributed by atoms with Crippen molar-refractivity contribution in [2.24, 2.45) is 11.8 Å². The summed E-state index contributed by atoms with van der Waals surface area (Å²) in [6.07, 6.45) is 3.98. The van der Waals surface area contributed by atoms with Crippen LogP contribution in [0.4, 0.5) is 0 Å². The monoisotopic (exact) mass is 221 g/mol. The van der Waals surface area contributed by atoms with Crippen molar-refractivity contribution >= 4 is 11.8 Å². The van der Waals surface area contributed by atoms with E-state index in [0.29, 0.717) is 13.0 Å². The number of carbonyl (C=O) groups excluding carboxylic acids is 2. The predicted octanol–water partition coefficient (Wildman–Crippen LogP) is 0.593. The van der Waals surface area contributed by atoms with Gasteiger partial charge in [0.15, 0.2) is 0 Å². The standard InChI is InChI=1S/C11H15N3O2/c1-7-8(2)11(16)14(10(7)15)6-3-9-12-4-5-13-9/h4-5,7-8H,3,6H2,1-2H3,(H,12,13). The van der Waals surface area contributed by atoms with Gasteiger partial charge in [-0.3, -0.25) is 14.5 Å². The topological polar surface area (TPSA) is 66.1 Å². The van der Waals surface area contributed by atoms with Crippen molar-refractivity contribution in [3.8, 4) is 0 Å². The summed E-state index contributed by atoms with van der Waals surface area (Å²) in [5.41, 5.74) is 0. The third-order valence-corrected chi connectivity index (χ3v) is 3.19. The molecule has 2 unspecified atom stereocenters. The molecule has 1 aliphatic rings. The number of hydrogen-bond acceptors (Lipinski definition) is 3. The van der Waals surface area contributed by atoms with Crippen LogP contribution >= 0.6 is 0 Å². The molecule has 0 radical (unpaired) electrons. The van der Waals surface area contributed by atoms with Crippen LogP contribution in [0.5, 0.6) is 0 Å². The smallest absolute Gasteiger partial charge is 0.232 e. The molecule has 5 nitrogen and oxygen atoms in total. The maximum absolute atomic E-state index is 11.8. The van der Waals surface area contributed by atoms with E-state index in [2.05, 4.69) is 9.97 Å². The van der Waals surface area contributed by atoms with Crippen molar-refractivity contribution in [3.63, 3.8) is 0 Å². The second kappa shape index (κ2) is 4.08. The maximum Gasteiger partial charge on any atom is 0.232 e. The molecule has 2 heterocycles. The first-order valence-electron chi connectivity index (χ1n) is 5.44. The number of hydrogen-bond donors (Lipinski definition) is 1. The normalized spacial score (nSPS) is 25.5. The van der Waals surface area contributed by atoms with Crippen molar-refractivity contribution in [2.45, 2.75) is 20.3 Å². The van der Waals surface area contributed by atoms with Crippen LogP contribution in [0.25, 0.3) is 0 Å². The summed E-state index contributed by atoms with van der Waals surface area (Å²) in [4.78, 5) is 31.9. The van der Waals surface area contributed by atoms with Gasteiger partial charge in [-0.15, -0.1) is 0 Å². The number of likely N-dealkylation sites (tertiary alicyclic amines) is 1. The molecule has 2 amide bonds. The number of amides is 2. The Bertz CT molecular complexity index is 379. The van der Waals surface area contributed by atoms with Gasteiger partial charge in [0.1, 0.15) is 5.82 Å². The number of imidazole rings is 1. The first kappa shape index (κ1) is 10.9. The lowest BCUT2D eigenvalue weighted by Gasteiger charge is -2.13. The Morgan fingerprint density at radius 2 is 1.94 bits per heavy atom. The minimum absolute atomic E-state index is 0.0657. The number of carbonyl (C=O) groups is 2. The van der Waals surface area contributed by atoms with E-state index in [1.165, 1.54) is 4.90 Å². The molecule has 5 heteroatoms. The van der Waals surface area contributed by atoms with E-state index in [1.807, 2.05) is 0 Å². The average Bonchev–Trinajstić information content (AvgIpc) is 2.84. The van der Waals surface area contributed by atoms with Gasteiger partial charge in [0.25, 0.3) is 0 Å². The lowest BCUT2D eigenvalue weighted by molar-refractivity contribution is -0.139. The quantitative estimate of drug-likeness (QED) is 0.760. The number of H-pyrrole nitrogens is 1. The average molecular weight is 221 g/mol. The third-order valence-electron chi connectivity index (χ3n) is 3.19. The van der Waals surface area contributed by atoms with Gasteiger partial charge in [0.05, 0.1) is 0 Å². The van der Waals surface area contributed by atoms with Crippen LogP contribution in [0, 0.1) is 11.8 Å². The molecule has 16 heavy (non-hydrogen) atoms.